The summed E-state index contributed by atoms with van der Waals surface area (Å²) in [5, 5.41) is 20.2. The van der Waals surface area contributed by atoms with E-state index in [-0.39, 0.29) is 6.10 Å². The van der Waals surface area contributed by atoms with E-state index in [2.05, 4.69) is 15.4 Å². The van der Waals surface area contributed by atoms with Gasteiger partial charge in [0.2, 0.25) is 0 Å². The van der Waals surface area contributed by atoms with Crippen molar-refractivity contribution in [2.24, 2.45) is 0 Å². The van der Waals surface area contributed by atoms with Crippen LogP contribution in [0.4, 0.5) is 0 Å². The highest BCUT2D eigenvalue weighted by Gasteiger charge is 2.14. The van der Waals surface area contributed by atoms with E-state index >= 15 is 0 Å². The van der Waals surface area contributed by atoms with Crippen molar-refractivity contribution in [1.82, 2.24) is 15.4 Å². The summed E-state index contributed by atoms with van der Waals surface area (Å²) in [7, 11) is 0. The van der Waals surface area contributed by atoms with Crippen molar-refractivity contribution in [2.45, 2.75) is 38.2 Å². The Hall–Kier alpha value is -0.900. The number of hydrogen-bond acceptors (Lipinski definition) is 3. The summed E-state index contributed by atoms with van der Waals surface area (Å²) >= 11 is 0. The fourth-order valence-corrected chi connectivity index (χ4v) is 1.63. The van der Waals surface area contributed by atoms with Crippen LogP contribution in [0.1, 0.15) is 30.7 Å². The van der Waals surface area contributed by atoms with Crippen molar-refractivity contribution in [3.05, 3.63) is 11.4 Å². The Morgan fingerprint density at radius 3 is 2.75 bits per heavy atom. The van der Waals surface area contributed by atoms with Gasteiger partial charge in [0.05, 0.1) is 17.5 Å². The fourth-order valence-electron chi connectivity index (χ4n) is 1.63. The molecule has 1 unspecified atom stereocenters. The molecule has 0 amide bonds. The van der Waals surface area contributed by atoms with Crippen LogP contribution in [-0.4, -0.2) is 26.6 Å². The van der Waals surface area contributed by atoms with Crippen LogP contribution in [0.25, 0.3) is 0 Å². The molecule has 0 saturated carbocycles. The molecule has 1 atom stereocenters. The third-order valence-electron chi connectivity index (χ3n) is 2.37. The number of rotatable bonds is 0. The number of H-pyrrole nitrogens is 1. The van der Waals surface area contributed by atoms with Gasteiger partial charge in [0, 0.05) is 0 Å². The summed E-state index contributed by atoms with van der Waals surface area (Å²) in [5.74, 6) is 0. The number of aliphatic hydroxyl groups excluding tert-OH is 1. The first-order valence-electron chi connectivity index (χ1n) is 4.43. The molecule has 4 nitrogen and oxygen atoms in total. The van der Waals surface area contributed by atoms with Crippen molar-refractivity contribution >= 4 is 0 Å². The van der Waals surface area contributed by atoms with Crippen molar-refractivity contribution in [1.29, 1.82) is 0 Å². The van der Waals surface area contributed by atoms with Gasteiger partial charge in [-0.05, 0) is 32.1 Å². The molecule has 1 heterocycles. The predicted octanol–water partition coefficient (Wildman–Crippen LogP) is 0.434. The van der Waals surface area contributed by atoms with Crippen LogP contribution in [0.15, 0.2) is 0 Å². The van der Waals surface area contributed by atoms with Gasteiger partial charge in [0.25, 0.3) is 0 Å². The van der Waals surface area contributed by atoms with E-state index < -0.39 is 0 Å². The van der Waals surface area contributed by atoms with E-state index in [0.29, 0.717) is 0 Å². The maximum atomic E-state index is 9.42. The Bertz CT molecular complexity index is 259. The lowest BCUT2D eigenvalue weighted by Crippen LogP contribution is -2.12. The number of nitrogens with one attached hydrogen (secondary N) is 1. The molecule has 66 valence electrons. The van der Waals surface area contributed by atoms with Gasteiger partial charge in [-0.15, -0.1) is 0 Å². The Balaban J connectivity index is 2.14. The third kappa shape index (κ3) is 1.48. The van der Waals surface area contributed by atoms with Crippen LogP contribution in [0.5, 0.6) is 0 Å². The van der Waals surface area contributed by atoms with E-state index in [1.807, 2.05) is 0 Å². The molecule has 1 aliphatic rings. The number of hydrogen-bond donors (Lipinski definition) is 2. The van der Waals surface area contributed by atoms with Crippen LogP contribution in [0.2, 0.25) is 0 Å². The lowest BCUT2D eigenvalue weighted by atomic mass is 9.99. The SMILES string of the molecule is OC1CCCc2n[nH]nc2CC1. The Morgan fingerprint density at radius 1 is 1.17 bits per heavy atom. The lowest BCUT2D eigenvalue weighted by Gasteiger charge is -2.12. The van der Waals surface area contributed by atoms with Gasteiger partial charge in [0.1, 0.15) is 0 Å². The van der Waals surface area contributed by atoms with Crippen molar-refractivity contribution < 1.29 is 5.11 Å². The maximum absolute atomic E-state index is 9.42. The standard InChI is InChI=1S/C8H13N3O/c12-6-2-1-3-7-8(5-4-6)10-11-9-7/h6,12H,1-5H2,(H,9,10,11). The fraction of sp³-hybridized carbons (Fsp3) is 0.750. The molecule has 1 aromatic rings. The summed E-state index contributed by atoms with van der Waals surface area (Å²) in [6.07, 6.45) is 4.39. The van der Waals surface area contributed by atoms with Gasteiger partial charge in [0.15, 0.2) is 0 Å². The summed E-state index contributed by atoms with van der Waals surface area (Å²) in [5.41, 5.74) is 2.12. The molecule has 1 aromatic heterocycles. The van der Waals surface area contributed by atoms with Gasteiger partial charge < -0.3 is 5.11 Å². The zero-order valence-electron chi connectivity index (χ0n) is 6.95. The van der Waals surface area contributed by atoms with Crippen LogP contribution in [-0.2, 0) is 12.8 Å². The molecule has 0 aliphatic heterocycles. The topological polar surface area (TPSA) is 61.8 Å². The summed E-state index contributed by atoms with van der Waals surface area (Å²) in [4.78, 5) is 0. The molecule has 2 N–H and O–H groups in total. The molecule has 0 spiro atoms. The highest BCUT2D eigenvalue weighted by molar-refractivity contribution is 5.09. The van der Waals surface area contributed by atoms with Crippen molar-refractivity contribution in [2.75, 3.05) is 0 Å². The Kier molecular flexibility index (Phi) is 2.08. The smallest absolute Gasteiger partial charge is 0.0857 e. The quantitative estimate of drug-likeness (QED) is 0.589. The Labute approximate surface area is 71.0 Å². The van der Waals surface area contributed by atoms with Crippen molar-refractivity contribution in [3.63, 3.8) is 0 Å². The average molecular weight is 167 g/mol. The number of aromatic nitrogens is 3. The molecule has 0 bridgehead atoms. The van der Waals surface area contributed by atoms with Gasteiger partial charge in [-0.1, -0.05) is 0 Å². The van der Waals surface area contributed by atoms with E-state index in [4.69, 9.17) is 0 Å². The molecule has 0 aromatic carbocycles. The summed E-state index contributed by atoms with van der Waals surface area (Å²) in [6, 6.07) is 0. The van der Waals surface area contributed by atoms with Gasteiger partial charge in [-0.25, -0.2) is 0 Å². The summed E-state index contributed by atoms with van der Waals surface area (Å²) in [6.45, 7) is 0. The number of aliphatic hydroxyl groups is 1. The van der Waals surface area contributed by atoms with E-state index in [0.717, 1.165) is 43.5 Å². The largest absolute Gasteiger partial charge is 0.393 e. The molecule has 0 fully saturated rings. The van der Waals surface area contributed by atoms with Crippen LogP contribution >= 0.6 is 0 Å². The second kappa shape index (κ2) is 3.23. The molecule has 0 radical (unpaired) electrons. The number of fused-ring (bicyclic) bond motifs is 1. The van der Waals surface area contributed by atoms with E-state index in [9.17, 15) is 5.11 Å². The van der Waals surface area contributed by atoms with Gasteiger partial charge in [-0.2, -0.15) is 15.4 Å². The summed E-state index contributed by atoms with van der Waals surface area (Å²) < 4.78 is 0. The molecular weight excluding hydrogens is 154 g/mol. The Morgan fingerprint density at radius 2 is 1.92 bits per heavy atom. The maximum Gasteiger partial charge on any atom is 0.0857 e. The first-order valence-corrected chi connectivity index (χ1v) is 4.43. The average Bonchev–Trinajstić information content (AvgIpc) is 2.45. The number of aryl methyl sites for hydroxylation is 2. The van der Waals surface area contributed by atoms with Crippen LogP contribution < -0.4 is 0 Å². The van der Waals surface area contributed by atoms with Crippen molar-refractivity contribution in [3.8, 4) is 0 Å². The normalized spacial score (nSPS) is 24.2. The highest BCUT2D eigenvalue weighted by atomic mass is 16.3. The molecule has 4 heteroatoms. The first-order chi connectivity index (χ1) is 5.86. The highest BCUT2D eigenvalue weighted by Crippen LogP contribution is 2.16. The zero-order chi connectivity index (χ0) is 8.39. The third-order valence-corrected chi connectivity index (χ3v) is 2.37. The van der Waals surface area contributed by atoms with Gasteiger partial charge in [-0.3, -0.25) is 0 Å². The number of aromatic amines is 1. The molecule has 0 saturated heterocycles. The van der Waals surface area contributed by atoms with E-state index in [1.165, 1.54) is 0 Å². The molecule has 1 aliphatic carbocycles. The van der Waals surface area contributed by atoms with Crippen LogP contribution in [0.3, 0.4) is 0 Å². The minimum absolute atomic E-state index is 0.144. The van der Waals surface area contributed by atoms with E-state index in [1.54, 1.807) is 0 Å². The minimum atomic E-state index is -0.144. The predicted molar refractivity (Wildman–Crippen MR) is 43.6 cm³/mol. The molecular formula is C8H13N3O. The molecule has 12 heavy (non-hydrogen) atoms. The second-order valence-electron chi connectivity index (χ2n) is 3.30. The van der Waals surface area contributed by atoms with Gasteiger partial charge >= 0.3 is 0 Å². The van der Waals surface area contributed by atoms with Crippen LogP contribution in [0, 0.1) is 0 Å². The monoisotopic (exact) mass is 167 g/mol. The number of nitrogens with zero attached hydrogens (tertiary/aromatic N) is 2. The first kappa shape index (κ1) is 7.73. The second-order valence-corrected chi connectivity index (χ2v) is 3.30. The lowest BCUT2D eigenvalue weighted by molar-refractivity contribution is 0.150. The minimum Gasteiger partial charge on any atom is -0.393 e. The molecule has 2 rings (SSSR count). The zero-order valence-corrected chi connectivity index (χ0v) is 6.95.